The van der Waals surface area contributed by atoms with Gasteiger partial charge in [-0.3, -0.25) is 4.98 Å². The van der Waals surface area contributed by atoms with E-state index in [4.69, 9.17) is 15.2 Å². The normalized spacial score (nSPS) is 10.4. The van der Waals surface area contributed by atoms with Gasteiger partial charge in [-0.2, -0.15) is 5.10 Å². The van der Waals surface area contributed by atoms with Crippen molar-refractivity contribution in [3.05, 3.63) is 30.1 Å². The fourth-order valence-electron chi connectivity index (χ4n) is 1.62. The van der Waals surface area contributed by atoms with Crippen LogP contribution >= 0.6 is 0 Å². The number of hydrogen-bond donors (Lipinski definition) is 1. The molecule has 0 amide bonds. The summed E-state index contributed by atoms with van der Waals surface area (Å²) in [7, 11) is 3.17. The number of rotatable bonds is 5. The molecule has 0 aliphatic carbocycles. The lowest BCUT2D eigenvalue weighted by molar-refractivity contribution is 0.348. The van der Waals surface area contributed by atoms with Gasteiger partial charge in [-0.05, 0) is 0 Å². The van der Waals surface area contributed by atoms with Crippen molar-refractivity contribution in [3.63, 3.8) is 0 Å². The van der Waals surface area contributed by atoms with Crippen LogP contribution in [-0.4, -0.2) is 34.0 Å². The zero-order chi connectivity index (χ0) is 13.0. The highest BCUT2D eigenvalue weighted by atomic mass is 16.5. The average molecular weight is 249 g/mol. The molecule has 18 heavy (non-hydrogen) atoms. The summed E-state index contributed by atoms with van der Waals surface area (Å²) < 4.78 is 12.2. The van der Waals surface area contributed by atoms with Crippen LogP contribution in [-0.2, 0) is 13.1 Å². The van der Waals surface area contributed by atoms with Gasteiger partial charge < -0.3 is 15.2 Å². The molecule has 2 rings (SSSR count). The highest BCUT2D eigenvalue weighted by Gasteiger charge is 2.12. The molecule has 0 bridgehead atoms. The first-order valence-corrected chi connectivity index (χ1v) is 5.42. The maximum Gasteiger partial charge on any atom is 0.184 e. The van der Waals surface area contributed by atoms with E-state index in [0.29, 0.717) is 30.4 Å². The van der Waals surface area contributed by atoms with E-state index in [2.05, 4.69) is 15.1 Å². The maximum atomic E-state index is 5.46. The molecular formula is C11H15N5O2. The summed E-state index contributed by atoms with van der Waals surface area (Å²) in [4.78, 5) is 8.32. The Kier molecular flexibility index (Phi) is 3.73. The zero-order valence-electron chi connectivity index (χ0n) is 10.3. The lowest BCUT2D eigenvalue weighted by atomic mass is 10.3. The molecule has 0 spiro atoms. The molecule has 0 saturated carbocycles. The quantitative estimate of drug-likeness (QED) is 0.814. The first-order chi connectivity index (χ1) is 8.78. The van der Waals surface area contributed by atoms with Gasteiger partial charge in [0.1, 0.15) is 12.0 Å². The van der Waals surface area contributed by atoms with Crippen molar-refractivity contribution in [2.45, 2.75) is 13.1 Å². The predicted molar refractivity (Wildman–Crippen MR) is 64.4 cm³/mol. The molecule has 0 aliphatic rings. The topological polar surface area (TPSA) is 88.1 Å². The van der Waals surface area contributed by atoms with E-state index in [1.807, 2.05) is 0 Å². The van der Waals surface area contributed by atoms with Crippen molar-refractivity contribution in [3.8, 4) is 11.5 Å². The van der Waals surface area contributed by atoms with Crippen molar-refractivity contribution >= 4 is 0 Å². The minimum absolute atomic E-state index is 0.315. The Labute approximate surface area is 105 Å². The molecule has 2 aromatic rings. The SMILES string of the molecule is COc1ccnc(Cn2cnc(CN)n2)c1OC. The van der Waals surface area contributed by atoms with E-state index in [-0.39, 0.29) is 0 Å². The molecule has 0 fully saturated rings. The van der Waals surface area contributed by atoms with Gasteiger partial charge in [-0.1, -0.05) is 0 Å². The van der Waals surface area contributed by atoms with Gasteiger partial charge in [-0.15, -0.1) is 0 Å². The van der Waals surface area contributed by atoms with Crippen LogP contribution in [0.1, 0.15) is 11.5 Å². The number of hydrogen-bond acceptors (Lipinski definition) is 6. The Morgan fingerprint density at radius 1 is 1.28 bits per heavy atom. The van der Waals surface area contributed by atoms with Gasteiger partial charge in [0.25, 0.3) is 0 Å². The van der Waals surface area contributed by atoms with Crippen LogP contribution in [0.2, 0.25) is 0 Å². The third kappa shape index (κ3) is 2.40. The summed E-state index contributed by atoms with van der Waals surface area (Å²) in [5, 5.41) is 4.20. The first kappa shape index (κ1) is 12.3. The Bertz CT molecular complexity index is 526. The van der Waals surface area contributed by atoms with Gasteiger partial charge >= 0.3 is 0 Å². The standard InChI is InChI=1S/C11H15N5O2/c1-17-9-3-4-13-8(11(9)18-2)6-16-7-14-10(5-12)15-16/h3-4,7H,5-6,12H2,1-2H3. The van der Waals surface area contributed by atoms with Crippen LogP contribution < -0.4 is 15.2 Å². The third-order valence-corrected chi connectivity index (χ3v) is 2.44. The van der Waals surface area contributed by atoms with Crippen LogP contribution in [0, 0.1) is 0 Å². The van der Waals surface area contributed by atoms with Gasteiger partial charge in [0.05, 0.1) is 27.3 Å². The van der Waals surface area contributed by atoms with Crippen LogP contribution in [0.5, 0.6) is 11.5 Å². The number of methoxy groups -OCH3 is 2. The minimum Gasteiger partial charge on any atom is -0.493 e. The van der Waals surface area contributed by atoms with Crippen molar-refractivity contribution in [1.29, 1.82) is 0 Å². The van der Waals surface area contributed by atoms with E-state index < -0.39 is 0 Å². The lowest BCUT2D eigenvalue weighted by Gasteiger charge is -2.11. The summed E-state index contributed by atoms with van der Waals surface area (Å²) in [6, 6.07) is 1.75. The largest absolute Gasteiger partial charge is 0.493 e. The zero-order valence-corrected chi connectivity index (χ0v) is 10.3. The number of nitrogens with two attached hydrogens (primary N) is 1. The van der Waals surface area contributed by atoms with Crippen molar-refractivity contribution in [2.75, 3.05) is 14.2 Å². The molecule has 2 heterocycles. The Hall–Kier alpha value is -2.15. The summed E-state index contributed by atoms with van der Waals surface area (Å²) in [5.74, 6) is 1.84. The predicted octanol–water partition coefficient (Wildman–Crippen LogP) is 0.197. The second-order valence-electron chi connectivity index (χ2n) is 3.56. The van der Waals surface area contributed by atoms with E-state index >= 15 is 0 Å². The highest BCUT2D eigenvalue weighted by molar-refractivity contribution is 5.42. The van der Waals surface area contributed by atoms with Crippen molar-refractivity contribution in [2.24, 2.45) is 5.73 Å². The molecule has 0 unspecified atom stereocenters. The molecule has 96 valence electrons. The van der Waals surface area contributed by atoms with Gasteiger partial charge in [0.2, 0.25) is 0 Å². The van der Waals surface area contributed by atoms with Crippen LogP contribution in [0.4, 0.5) is 0 Å². The molecular weight excluding hydrogens is 234 g/mol. The van der Waals surface area contributed by atoms with E-state index in [1.54, 1.807) is 37.5 Å². The Balaban J connectivity index is 2.28. The molecule has 2 aromatic heterocycles. The van der Waals surface area contributed by atoms with Gasteiger partial charge in [0, 0.05) is 12.3 Å². The second kappa shape index (κ2) is 5.46. The monoisotopic (exact) mass is 249 g/mol. The molecule has 7 nitrogen and oxygen atoms in total. The summed E-state index contributed by atoms with van der Waals surface area (Å²) in [6.07, 6.45) is 3.28. The third-order valence-electron chi connectivity index (χ3n) is 2.44. The maximum absolute atomic E-state index is 5.46. The summed E-state index contributed by atoms with van der Waals surface area (Å²) in [5.41, 5.74) is 6.19. The smallest absolute Gasteiger partial charge is 0.184 e. The van der Waals surface area contributed by atoms with E-state index in [1.165, 1.54) is 0 Å². The van der Waals surface area contributed by atoms with E-state index in [9.17, 15) is 0 Å². The number of nitrogens with zero attached hydrogens (tertiary/aromatic N) is 4. The molecule has 0 saturated heterocycles. The first-order valence-electron chi connectivity index (χ1n) is 5.42. The fraction of sp³-hybridized carbons (Fsp3) is 0.364. The van der Waals surface area contributed by atoms with Crippen molar-refractivity contribution in [1.82, 2.24) is 19.7 Å². The fourth-order valence-corrected chi connectivity index (χ4v) is 1.62. The number of aromatic nitrogens is 4. The molecule has 7 heteroatoms. The molecule has 2 N–H and O–H groups in total. The second-order valence-corrected chi connectivity index (χ2v) is 3.56. The average Bonchev–Trinajstić information content (AvgIpc) is 2.86. The Morgan fingerprint density at radius 3 is 2.72 bits per heavy atom. The van der Waals surface area contributed by atoms with Crippen molar-refractivity contribution < 1.29 is 9.47 Å². The molecule has 0 aliphatic heterocycles. The highest BCUT2D eigenvalue weighted by Crippen LogP contribution is 2.29. The minimum atomic E-state index is 0.315. The molecule has 0 radical (unpaired) electrons. The van der Waals surface area contributed by atoms with E-state index in [0.717, 1.165) is 5.69 Å². The summed E-state index contributed by atoms with van der Waals surface area (Å²) >= 11 is 0. The lowest BCUT2D eigenvalue weighted by Crippen LogP contribution is -2.07. The Morgan fingerprint density at radius 2 is 2.11 bits per heavy atom. The van der Waals surface area contributed by atoms with Gasteiger partial charge in [0.15, 0.2) is 17.3 Å². The number of pyridine rings is 1. The van der Waals surface area contributed by atoms with Gasteiger partial charge in [-0.25, -0.2) is 9.67 Å². The summed E-state index contributed by atoms with van der Waals surface area (Å²) in [6.45, 7) is 0.767. The molecule has 0 aromatic carbocycles. The molecule has 0 atom stereocenters. The number of ether oxygens (including phenoxy) is 2. The van der Waals surface area contributed by atoms with Crippen LogP contribution in [0.3, 0.4) is 0 Å². The van der Waals surface area contributed by atoms with Crippen LogP contribution in [0.15, 0.2) is 18.6 Å². The van der Waals surface area contributed by atoms with Crippen LogP contribution in [0.25, 0.3) is 0 Å².